The number of nitrogens with two attached hydrogens (primary N) is 1. The van der Waals surface area contributed by atoms with Crippen LogP contribution in [0.1, 0.15) is 15.9 Å². The van der Waals surface area contributed by atoms with E-state index in [-0.39, 0.29) is 12.2 Å². The summed E-state index contributed by atoms with van der Waals surface area (Å²) < 4.78 is 10.3. The van der Waals surface area contributed by atoms with Gasteiger partial charge in [-0.25, -0.2) is 9.78 Å². The molecule has 0 atom stereocenters. The Kier molecular flexibility index (Phi) is 4.42. The molecule has 104 valence electrons. The van der Waals surface area contributed by atoms with E-state index in [1.165, 1.54) is 13.2 Å². The van der Waals surface area contributed by atoms with Crippen molar-refractivity contribution < 1.29 is 14.3 Å². The van der Waals surface area contributed by atoms with E-state index in [2.05, 4.69) is 4.98 Å². The Balaban J connectivity index is 2.11. The first-order valence-corrected chi connectivity index (χ1v) is 6.19. The molecule has 1 aromatic heterocycles. The number of benzene rings is 1. The van der Waals surface area contributed by atoms with E-state index in [9.17, 15) is 4.79 Å². The van der Waals surface area contributed by atoms with E-state index >= 15 is 0 Å². The second-order valence-corrected chi connectivity index (χ2v) is 4.39. The number of carbonyl (C=O) groups excluding carboxylic acids is 1. The number of pyridine rings is 1. The lowest BCUT2D eigenvalue weighted by Crippen LogP contribution is -2.07. The predicted molar refractivity (Wildman–Crippen MR) is 75.8 cm³/mol. The summed E-state index contributed by atoms with van der Waals surface area (Å²) in [6.07, 6.45) is 1.60. The van der Waals surface area contributed by atoms with Gasteiger partial charge in [-0.05, 0) is 30.3 Å². The van der Waals surface area contributed by atoms with Crippen LogP contribution in [-0.4, -0.2) is 18.1 Å². The van der Waals surface area contributed by atoms with Crippen molar-refractivity contribution in [3.05, 3.63) is 52.7 Å². The van der Waals surface area contributed by atoms with Crippen LogP contribution >= 0.6 is 11.6 Å². The molecule has 0 amide bonds. The fourth-order valence-corrected chi connectivity index (χ4v) is 1.83. The van der Waals surface area contributed by atoms with Crippen molar-refractivity contribution in [2.24, 2.45) is 0 Å². The van der Waals surface area contributed by atoms with E-state index in [4.69, 9.17) is 26.8 Å². The fourth-order valence-electron chi connectivity index (χ4n) is 1.64. The second-order valence-electron chi connectivity index (χ2n) is 3.99. The van der Waals surface area contributed by atoms with Crippen molar-refractivity contribution in [1.82, 2.24) is 4.98 Å². The number of rotatable bonds is 4. The smallest absolute Gasteiger partial charge is 0.340 e. The molecule has 2 aromatic rings. The average molecular weight is 293 g/mol. The maximum atomic E-state index is 12.0. The number of hydrogen-bond donors (Lipinski definition) is 1. The number of anilines is 1. The largest absolute Gasteiger partial charge is 0.481 e. The number of methoxy groups -OCH3 is 1. The van der Waals surface area contributed by atoms with E-state index in [1.54, 1.807) is 30.5 Å². The summed E-state index contributed by atoms with van der Waals surface area (Å²) in [5.41, 5.74) is 6.97. The Hall–Kier alpha value is -2.27. The van der Waals surface area contributed by atoms with Crippen LogP contribution in [0.3, 0.4) is 0 Å². The highest BCUT2D eigenvalue weighted by molar-refractivity contribution is 6.33. The summed E-state index contributed by atoms with van der Waals surface area (Å²) in [7, 11) is 1.50. The van der Waals surface area contributed by atoms with Crippen molar-refractivity contribution >= 4 is 23.3 Å². The van der Waals surface area contributed by atoms with Gasteiger partial charge in [0, 0.05) is 11.9 Å². The third kappa shape index (κ3) is 3.19. The molecule has 0 spiro atoms. The summed E-state index contributed by atoms with van der Waals surface area (Å²) in [6, 6.07) is 8.14. The van der Waals surface area contributed by atoms with Crippen LogP contribution in [0.5, 0.6) is 5.88 Å². The molecule has 0 unspecified atom stereocenters. The summed E-state index contributed by atoms with van der Waals surface area (Å²) in [5.74, 6) is -0.132. The Morgan fingerprint density at radius 1 is 1.40 bits per heavy atom. The Bertz CT molecular complexity index is 632. The van der Waals surface area contributed by atoms with Gasteiger partial charge in [0.05, 0.1) is 23.3 Å². The first-order valence-electron chi connectivity index (χ1n) is 5.82. The second kappa shape index (κ2) is 6.25. The van der Waals surface area contributed by atoms with Gasteiger partial charge in [0.15, 0.2) is 0 Å². The monoisotopic (exact) mass is 292 g/mol. The van der Waals surface area contributed by atoms with Crippen LogP contribution in [0.15, 0.2) is 36.5 Å². The molecule has 0 saturated carbocycles. The minimum absolute atomic E-state index is 0.0426. The molecule has 6 heteroatoms. The van der Waals surface area contributed by atoms with Crippen LogP contribution in [0, 0.1) is 0 Å². The highest BCUT2D eigenvalue weighted by Gasteiger charge is 2.13. The van der Waals surface area contributed by atoms with Crippen LogP contribution in [0.2, 0.25) is 5.02 Å². The van der Waals surface area contributed by atoms with Gasteiger partial charge >= 0.3 is 5.97 Å². The number of esters is 1. The average Bonchev–Trinajstić information content (AvgIpc) is 2.47. The van der Waals surface area contributed by atoms with Crippen molar-refractivity contribution in [1.29, 1.82) is 0 Å². The zero-order valence-electron chi connectivity index (χ0n) is 10.8. The Morgan fingerprint density at radius 3 is 2.95 bits per heavy atom. The summed E-state index contributed by atoms with van der Waals surface area (Å²) in [5, 5.41) is 0.294. The Labute approximate surface area is 121 Å². The van der Waals surface area contributed by atoms with E-state index in [0.717, 1.165) is 0 Å². The summed E-state index contributed by atoms with van der Waals surface area (Å²) in [6.45, 7) is 0.0426. The number of ether oxygens (including phenoxy) is 2. The summed E-state index contributed by atoms with van der Waals surface area (Å²) in [4.78, 5) is 16.0. The molecule has 2 rings (SSSR count). The topological polar surface area (TPSA) is 74.4 Å². The quantitative estimate of drug-likeness (QED) is 0.693. The van der Waals surface area contributed by atoms with Gasteiger partial charge < -0.3 is 15.2 Å². The first-order chi connectivity index (χ1) is 9.61. The molecule has 0 aliphatic rings. The fraction of sp³-hybridized carbons (Fsp3) is 0.143. The zero-order chi connectivity index (χ0) is 14.5. The SMILES string of the molecule is COc1ncccc1COC(=O)c1cc(N)ccc1Cl. The minimum atomic E-state index is -0.548. The first kappa shape index (κ1) is 14.1. The molecular weight excluding hydrogens is 280 g/mol. The van der Waals surface area contributed by atoms with Crippen molar-refractivity contribution in [3.8, 4) is 5.88 Å². The van der Waals surface area contributed by atoms with Gasteiger partial charge in [-0.15, -0.1) is 0 Å². The number of aromatic nitrogens is 1. The van der Waals surface area contributed by atoms with Crippen LogP contribution in [0.4, 0.5) is 5.69 Å². The van der Waals surface area contributed by atoms with Crippen LogP contribution in [0.25, 0.3) is 0 Å². The van der Waals surface area contributed by atoms with Gasteiger partial charge in [0.25, 0.3) is 0 Å². The molecule has 1 aromatic carbocycles. The lowest BCUT2D eigenvalue weighted by atomic mass is 10.2. The molecule has 0 aliphatic heterocycles. The van der Waals surface area contributed by atoms with E-state index < -0.39 is 5.97 Å². The molecule has 0 aliphatic carbocycles. The van der Waals surface area contributed by atoms with Gasteiger partial charge in [-0.3, -0.25) is 0 Å². The van der Waals surface area contributed by atoms with Gasteiger partial charge in [0.2, 0.25) is 5.88 Å². The minimum Gasteiger partial charge on any atom is -0.481 e. The normalized spacial score (nSPS) is 10.1. The van der Waals surface area contributed by atoms with E-state index in [1.807, 2.05) is 0 Å². The number of nitrogens with zero attached hydrogens (tertiary/aromatic N) is 1. The third-order valence-electron chi connectivity index (χ3n) is 2.61. The highest BCUT2D eigenvalue weighted by Crippen LogP contribution is 2.21. The molecule has 0 bridgehead atoms. The molecule has 0 fully saturated rings. The molecule has 5 nitrogen and oxygen atoms in total. The number of nitrogen functional groups attached to an aromatic ring is 1. The molecule has 2 N–H and O–H groups in total. The maximum Gasteiger partial charge on any atom is 0.340 e. The van der Waals surface area contributed by atoms with Crippen molar-refractivity contribution in [2.45, 2.75) is 6.61 Å². The molecular formula is C14H13ClN2O3. The lowest BCUT2D eigenvalue weighted by molar-refractivity contribution is 0.0470. The van der Waals surface area contributed by atoms with Gasteiger partial charge in [0.1, 0.15) is 6.61 Å². The third-order valence-corrected chi connectivity index (χ3v) is 2.94. The highest BCUT2D eigenvalue weighted by atomic mass is 35.5. The standard InChI is InChI=1S/C14H13ClN2O3/c1-19-13-9(3-2-6-17-13)8-20-14(18)11-7-10(16)4-5-12(11)15/h2-7H,8,16H2,1H3. The van der Waals surface area contributed by atoms with E-state index in [0.29, 0.717) is 22.2 Å². The maximum absolute atomic E-state index is 12.0. The Morgan fingerprint density at radius 2 is 2.20 bits per heavy atom. The van der Waals surface area contributed by atoms with Crippen LogP contribution < -0.4 is 10.5 Å². The molecule has 0 radical (unpaired) electrons. The summed E-state index contributed by atoms with van der Waals surface area (Å²) >= 11 is 5.94. The lowest BCUT2D eigenvalue weighted by Gasteiger charge is -2.09. The van der Waals surface area contributed by atoms with Crippen molar-refractivity contribution in [3.63, 3.8) is 0 Å². The number of hydrogen-bond acceptors (Lipinski definition) is 5. The predicted octanol–water partition coefficient (Wildman–Crippen LogP) is 2.68. The van der Waals surface area contributed by atoms with Gasteiger partial charge in [-0.1, -0.05) is 11.6 Å². The number of carbonyl (C=O) groups is 1. The molecule has 0 saturated heterocycles. The molecule has 1 heterocycles. The van der Waals surface area contributed by atoms with Gasteiger partial charge in [-0.2, -0.15) is 0 Å². The zero-order valence-corrected chi connectivity index (χ0v) is 11.6. The van der Waals surface area contributed by atoms with Crippen molar-refractivity contribution in [2.75, 3.05) is 12.8 Å². The van der Waals surface area contributed by atoms with Crippen LogP contribution in [-0.2, 0) is 11.3 Å². The molecule has 20 heavy (non-hydrogen) atoms. The number of halogens is 1.